The van der Waals surface area contributed by atoms with Crippen LogP contribution in [0.1, 0.15) is 45.4 Å². The number of nitriles is 1. The summed E-state index contributed by atoms with van der Waals surface area (Å²) in [6.45, 7) is 2.50. The van der Waals surface area contributed by atoms with Crippen molar-refractivity contribution >= 4 is 10.0 Å². The molecule has 0 amide bonds. The number of nitrogens with zero attached hydrogens (tertiary/aromatic N) is 1. The zero-order valence-electron chi connectivity index (χ0n) is 9.33. The minimum atomic E-state index is -3.07. The Labute approximate surface area is 92.7 Å². The zero-order chi connectivity index (χ0) is 11.6. The van der Waals surface area contributed by atoms with Gasteiger partial charge < -0.3 is 0 Å². The highest BCUT2D eigenvalue weighted by molar-refractivity contribution is 7.89. The van der Waals surface area contributed by atoms with Gasteiger partial charge in [0.05, 0.1) is 11.8 Å². The summed E-state index contributed by atoms with van der Waals surface area (Å²) in [6.07, 6.45) is 4.70. The number of rotatable bonds is 9. The minimum absolute atomic E-state index is 0.221. The first-order valence-corrected chi connectivity index (χ1v) is 7.12. The number of hydrogen-bond acceptors (Lipinski definition) is 3. The summed E-state index contributed by atoms with van der Waals surface area (Å²) in [6, 6.07) is 2.03. The van der Waals surface area contributed by atoms with Crippen molar-refractivity contribution < 1.29 is 8.42 Å². The highest BCUT2D eigenvalue weighted by Gasteiger charge is 2.07. The predicted octanol–water partition coefficient (Wildman–Crippen LogP) is 1.79. The van der Waals surface area contributed by atoms with Crippen molar-refractivity contribution in [1.82, 2.24) is 4.72 Å². The third-order valence-electron chi connectivity index (χ3n) is 2.05. The van der Waals surface area contributed by atoms with E-state index in [2.05, 4.69) is 4.72 Å². The van der Waals surface area contributed by atoms with Crippen molar-refractivity contribution in [2.45, 2.75) is 45.4 Å². The molecule has 0 aliphatic carbocycles. The largest absolute Gasteiger partial charge is 0.215 e. The lowest BCUT2D eigenvalue weighted by atomic mass is 10.2. The molecule has 0 radical (unpaired) electrons. The Kier molecular flexibility index (Phi) is 8.34. The van der Waals surface area contributed by atoms with Crippen LogP contribution in [0.3, 0.4) is 0 Å². The van der Waals surface area contributed by atoms with Gasteiger partial charge in [-0.25, -0.2) is 13.1 Å². The van der Waals surface area contributed by atoms with E-state index in [9.17, 15) is 8.42 Å². The molecule has 0 unspecified atom stereocenters. The molecule has 0 saturated heterocycles. The van der Waals surface area contributed by atoms with Crippen molar-refractivity contribution in [3.63, 3.8) is 0 Å². The second-order valence-electron chi connectivity index (χ2n) is 3.54. The summed E-state index contributed by atoms with van der Waals surface area (Å²) in [7, 11) is -3.07. The van der Waals surface area contributed by atoms with Gasteiger partial charge in [-0.3, -0.25) is 0 Å². The first kappa shape index (κ1) is 14.4. The zero-order valence-corrected chi connectivity index (χ0v) is 10.1. The molecule has 0 saturated carbocycles. The molecule has 15 heavy (non-hydrogen) atoms. The Balaban J connectivity index is 3.53. The number of nitrogens with one attached hydrogen (secondary N) is 1. The third-order valence-corrected chi connectivity index (χ3v) is 3.52. The molecule has 0 aromatic rings. The molecule has 0 fully saturated rings. The highest BCUT2D eigenvalue weighted by Crippen LogP contribution is 1.98. The Morgan fingerprint density at radius 1 is 1.20 bits per heavy atom. The van der Waals surface area contributed by atoms with Crippen LogP contribution in [-0.4, -0.2) is 20.7 Å². The van der Waals surface area contributed by atoms with Crippen LogP contribution < -0.4 is 4.72 Å². The van der Waals surface area contributed by atoms with Gasteiger partial charge in [0, 0.05) is 13.0 Å². The Morgan fingerprint density at radius 3 is 2.53 bits per heavy atom. The van der Waals surface area contributed by atoms with Gasteiger partial charge in [-0.15, -0.1) is 0 Å². The van der Waals surface area contributed by atoms with E-state index in [1.165, 1.54) is 0 Å². The van der Waals surface area contributed by atoms with E-state index in [-0.39, 0.29) is 5.75 Å². The van der Waals surface area contributed by atoms with E-state index in [1.54, 1.807) is 0 Å². The first-order valence-electron chi connectivity index (χ1n) is 5.46. The van der Waals surface area contributed by atoms with Gasteiger partial charge in [0.1, 0.15) is 0 Å². The maximum Gasteiger partial charge on any atom is 0.211 e. The quantitative estimate of drug-likeness (QED) is 0.616. The number of sulfonamides is 1. The van der Waals surface area contributed by atoms with Crippen molar-refractivity contribution in [3.05, 3.63) is 0 Å². The van der Waals surface area contributed by atoms with Crippen LogP contribution in [0.4, 0.5) is 0 Å². The Morgan fingerprint density at radius 2 is 1.93 bits per heavy atom. The van der Waals surface area contributed by atoms with Crippen LogP contribution in [0, 0.1) is 11.3 Å². The highest BCUT2D eigenvalue weighted by atomic mass is 32.2. The summed E-state index contributed by atoms with van der Waals surface area (Å²) in [5.41, 5.74) is 0. The molecule has 0 atom stereocenters. The smallest absolute Gasteiger partial charge is 0.211 e. The first-order chi connectivity index (χ1) is 7.12. The molecule has 0 aliphatic rings. The van der Waals surface area contributed by atoms with Gasteiger partial charge in [0.2, 0.25) is 10.0 Å². The predicted molar refractivity (Wildman–Crippen MR) is 60.8 cm³/mol. The Bertz CT molecular complexity index is 280. The second kappa shape index (κ2) is 8.69. The normalized spacial score (nSPS) is 11.2. The molecule has 0 aromatic carbocycles. The lowest BCUT2D eigenvalue weighted by Gasteiger charge is -2.05. The summed E-state index contributed by atoms with van der Waals surface area (Å²) in [4.78, 5) is 0. The number of hydrogen-bond donors (Lipinski definition) is 1. The molecule has 5 heteroatoms. The lowest BCUT2D eigenvalue weighted by molar-refractivity contribution is 0.572. The van der Waals surface area contributed by atoms with Crippen LogP contribution in [0.15, 0.2) is 0 Å². The molecular weight excluding hydrogens is 212 g/mol. The molecule has 0 bridgehead atoms. The van der Waals surface area contributed by atoms with E-state index in [1.807, 2.05) is 13.0 Å². The summed E-state index contributed by atoms with van der Waals surface area (Å²) >= 11 is 0. The van der Waals surface area contributed by atoms with E-state index in [4.69, 9.17) is 5.26 Å². The molecule has 0 spiro atoms. The minimum Gasteiger partial charge on any atom is -0.215 e. The molecule has 0 aromatic heterocycles. The van der Waals surface area contributed by atoms with E-state index < -0.39 is 10.0 Å². The second-order valence-corrected chi connectivity index (χ2v) is 5.46. The molecular formula is C10H20N2O2S. The fraction of sp³-hybridized carbons (Fsp3) is 0.900. The van der Waals surface area contributed by atoms with Gasteiger partial charge in [0.15, 0.2) is 0 Å². The fourth-order valence-corrected chi connectivity index (χ4v) is 2.35. The summed E-state index contributed by atoms with van der Waals surface area (Å²) in [5, 5.41) is 8.28. The van der Waals surface area contributed by atoms with Crippen LogP contribution in [0.5, 0.6) is 0 Å². The topological polar surface area (TPSA) is 70.0 Å². The molecule has 0 aliphatic heterocycles. The van der Waals surface area contributed by atoms with Gasteiger partial charge in [0.25, 0.3) is 0 Å². The standard InChI is InChI=1S/C10H20N2O2S/c1-2-3-7-10-15(13,14)12-9-6-4-5-8-11/h12H,2-7,9-10H2,1H3. The van der Waals surface area contributed by atoms with Crippen LogP contribution in [-0.2, 0) is 10.0 Å². The van der Waals surface area contributed by atoms with Gasteiger partial charge in [-0.2, -0.15) is 5.26 Å². The average Bonchev–Trinajstić information content (AvgIpc) is 2.17. The van der Waals surface area contributed by atoms with Crippen molar-refractivity contribution in [1.29, 1.82) is 5.26 Å². The maximum absolute atomic E-state index is 11.4. The number of unbranched alkanes of at least 4 members (excludes halogenated alkanes) is 4. The lowest BCUT2D eigenvalue weighted by Crippen LogP contribution is -2.27. The van der Waals surface area contributed by atoms with Crippen LogP contribution in [0.2, 0.25) is 0 Å². The van der Waals surface area contributed by atoms with Crippen molar-refractivity contribution in [2.24, 2.45) is 0 Å². The monoisotopic (exact) mass is 232 g/mol. The molecule has 88 valence electrons. The van der Waals surface area contributed by atoms with Gasteiger partial charge in [-0.05, 0) is 19.3 Å². The average molecular weight is 232 g/mol. The van der Waals surface area contributed by atoms with Gasteiger partial charge >= 0.3 is 0 Å². The molecule has 1 N–H and O–H groups in total. The fourth-order valence-electron chi connectivity index (χ4n) is 1.17. The SMILES string of the molecule is CCCCCS(=O)(=O)NCCCCC#N. The van der Waals surface area contributed by atoms with Crippen LogP contribution in [0.25, 0.3) is 0 Å². The molecule has 0 rings (SSSR count). The van der Waals surface area contributed by atoms with Gasteiger partial charge in [-0.1, -0.05) is 19.8 Å². The van der Waals surface area contributed by atoms with E-state index in [0.29, 0.717) is 13.0 Å². The van der Waals surface area contributed by atoms with Crippen molar-refractivity contribution in [3.8, 4) is 6.07 Å². The van der Waals surface area contributed by atoms with Crippen LogP contribution >= 0.6 is 0 Å². The van der Waals surface area contributed by atoms with E-state index >= 15 is 0 Å². The van der Waals surface area contributed by atoms with E-state index in [0.717, 1.165) is 32.1 Å². The van der Waals surface area contributed by atoms with Crippen molar-refractivity contribution in [2.75, 3.05) is 12.3 Å². The summed E-state index contributed by atoms with van der Waals surface area (Å²) in [5.74, 6) is 0.221. The third kappa shape index (κ3) is 9.70. The summed E-state index contributed by atoms with van der Waals surface area (Å²) < 4.78 is 25.3. The molecule has 0 heterocycles. The maximum atomic E-state index is 11.4. The Hall–Kier alpha value is -0.600. The molecule has 4 nitrogen and oxygen atoms in total.